The third-order valence-corrected chi connectivity index (χ3v) is 4.02. The number of methoxy groups -OCH3 is 1. The molecular weight excluding hydrogens is 362 g/mol. The average molecular weight is 376 g/mol. The van der Waals surface area contributed by atoms with Crippen LogP contribution in [0.25, 0.3) is 11.0 Å². The lowest BCUT2D eigenvalue weighted by Gasteiger charge is -2.14. The molecule has 1 aromatic heterocycles. The minimum atomic E-state index is -1.48. The molecule has 0 spiro atoms. The molecule has 0 aliphatic rings. The molecule has 0 unspecified atom stereocenters. The molecule has 0 saturated heterocycles. The molecule has 0 radical (unpaired) electrons. The topological polar surface area (TPSA) is 128 Å². The van der Waals surface area contributed by atoms with Gasteiger partial charge in [0.1, 0.15) is 11.8 Å². The summed E-state index contributed by atoms with van der Waals surface area (Å²) in [6.07, 6.45) is -1.48. The zero-order chi connectivity index (χ0) is 18.8. The monoisotopic (exact) mass is 375 g/mol. The molecule has 1 heterocycles. The van der Waals surface area contributed by atoms with Gasteiger partial charge >= 0.3 is 0 Å². The van der Waals surface area contributed by atoms with Gasteiger partial charge in [-0.1, -0.05) is 22.8 Å². The molecule has 1 atom stereocenters. The van der Waals surface area contributed by atoms with E-state index in [0.717, 1.165) is 0 Å². The van der Waals surface area contributed by atoms with E-state index in [2.05, 4.69) is 15.1 Å². The Morgan fingerprint density at radius 1 is 1.31 bits per heavy atom. The average Bonchev–Trinajstić information content (AvgIpc) is 2.63. The molecule has 9 heteroatoms. The van der Waals surface area contributed by atoms with Gasteiger partial charge in [0.25, 0.3) is 5.56 Å². The molecule has 8 nitrogen and oxygen atoms in total. The van der Waals surface area contributed by atoms with Gasteiger partial charge in [-0.3, -0.25) is 4.79 Å². The number of rotatable bonds is 4. The Labute approximate surface area is 152 Å². The van der Waals surface area contributed by atoms with Gasteiger partial charge in [0.15, 0.2) is 17.2 Å². The quantitative estimate of drug-likeness (QED) is 0.314. The fourth-order valence-corrected chi connectivity index (χ4v) is 2.66. The highest BCUT2D eigenvalue weighted by molar-refractivity contribution is 6.31. The summed E-state index contributed by atoms with van der Waals surface area (Å²) in [6, 6.07) is 8.79. The molecule has 4 N–H and O–H groups in total. The molecule has 26 heavy (non-hydrogen) atoms. The first-order chi connectivity index (χ1) is 12.4. The number of fused-ring (bicyclic) bond motifs is 1. The highest BCUT2D eigenvalue weighted by Gasteiger charge is 2.24. The van der Waals surface area contributed by atoms with Crippen LogP contribution in [-0.2, 0) is 0 Å². The number of oxime groups is 1. The maximum Gasteiger partial charge on any atom is 0.276 e. The third kappa shape index (κ3) is 3.19. The minimum Gasteiger partial charge on any atom is -0.504 e. The number of hydrogen-bond acceptors (Lipinski definition) is 7. The number of phenolic OH excluding ortho intramolecular Hbond substituents is 1. The molecule has 0 amide bonds. The number of benzene rings is 2. The molecule has 0 bridgehead atoms. The maximum absolute atomic E-state index is 12.3. The van der Waals surface area contributed by atoms with E-state index in [1.165, 1.54) is 31.4 Å². The predicted octanol–water partition coefficient (Wildman–Crippen LogP) is 2.20. The Balaban J connectivity index is 2.09. The van der Waals surface area contributed by atoms with Crippen molar-refractivity contribution in [1.82, 2.24) is 9.97 Å². The second-order valence-corrected chi connectivity index (χ2v) is 5.83. The van der Waals surface area contributed by atoms with Crippen LogP contribution in [0.3, 0.4) is 0 Å². The van der Waals surface area contributed by atoms with E-state index in [9.17, 15) is 20.2 Å². The van der Waals surface area contributed by atoms with Crippen molar-refractivity contribution in [1.29, 1.82) is 0 Å². The van der Waals surface area contributed by atoms with Gasteiger partial charge in [-0.05, 0) is 35.9 Å². The predicted molar refractivity (Wildman–Crippen MR) is 95.3 cm³/mol. The number of H-pyrrole nitrogens is 1. The number of aromatic amines is 1. The summed E-state index contributed by atoms with van der Waals surface area (Å²) in [5.74, 6) is -0.00152. The SMILES string of the molecule is COc1cc([C@H](O)/C(=N/O)c2nc3ccc(Cl)cc3[nH]c2=O)ccc1O. The van der Waals surface area contributed by atoms with Crippen LogP contribution in [-0.4, -0.2) is 38.2 Å². The first kappa shape index (κ1) is 17.7. The van der Waals surface area contributed by atoms with E-state index >= 15 is 0 Å². The highest BCUT2D eigenvalue weighted by Crippen LogP contribution is 2.30. The van der Waals surface area contributed by atoms with Crippen LogP contribution in [0.2, 0.25) is 5.02 Å². The largest absolute Gasteiger partial charge is 0.504 e. The van der Waals surface area contributed by atoms with Crippen LogP contribution in [0, 0.1) is 0 Å². The number of aromatic hydroxyl groups is 1. The van der Waals surface area contributed by atoms with Crippen LogP contribution in [0.15, 0.2) is 46.3 Å². The van der Waals surface area contributed by atoms with E-state index in [1.807, 2.05) is 0 Å². The molecular formula is C17H14ClN3O5. The number of aliphatic hydroxyl groups excluding tert-OH is 1. The molecule has 0 aliphatic heterocycles. The van der Waals surface area contributed by atoms with Crippen molar-refractivity contribution in [3.8, 4) is 11.5 Å². The third-order valence-electron chi connectivity index (χ3n) is 3.78. The minimum absolute atomic E-state index is 0.119. The number of hydrogen-bond donors (Lipinski definition) is 4. The summed E-state index contributed by atoms with van der Waals surface area (Å²) < 4.78 is 4.99. The van der Waals surface area contributed by atoms with Crippen molar-refractivity contribution in [3.63, 3.8) is 0 Å². The van der Waals surface area contributed by atoms with Crippen molar-refractivity contribution in [2.24, 2.45) is 5.16 Å². The number of halogens is 1. The fourth-order valence-electron chi connectivity index (χ4n) is 2.49. The lowest BCUT2D eigenvalue weighted by atomic mass is 10.0. The molecule has 3 rings (SSSR count). The van der Waals surface area contributed by atoms with E-state index in [-0.39, 0.29) is 28.5 Å². The van der Waals surface area contributed by atoms with Gasteiger partial charge < -0.3 is 25.1 Å². The normalized spacial score (nSPS) is 13.0. The maximum atomic E-state index is 12.3. The lowest BCUT2D eigenvalue weighted by molar-refractivity contribution is 0.234. The number of phenols is 1. The number of nitrogens with zero attached hydrogens (tertiary/aromatic N) is 2. The number of nitrogens with one attached hydrogen (secondary N) is 1. The van der Waals surface area contributed by atoms with E-state index < -0.39 is 11.7 Å². The van der Waals surface area contributed by atoms with Crippen LogP contribution in [0.5, 0.6) is 11.5 Å². The zero-order valence-corrected chi connectivity index (χ0v) is 14.2. The van der Waals surface area contributed by atoms with E-state index in [0.29, 0.717) is 16.1 Å². The Morgan fingerprint density at radius 3 is 2.77 bits per heavy atom. The standard InChI is InChI=1S/C17H14ClN3O5/c1-26-13-6-8(2-5-12(13)22)16(23)14(21-25)15-17(24)20-11-7-9(18)3-4-10(11)19-15/h2-7,16,22-23,25H,1H3,(H,20,24)/b21-14+/t16-/m0/s1. The summed E-state index contributed by atoms with van der Waals surface area (Å²) >= 11 is 5.89. The van der Waals surface area contributed by atoms with E-state index in [4.69, 9.17) is 16.3 Å². The van der Waals surface area contributed by atoms with Crippen molar-refractivity contribution < 1.29 is 20.2 Å². The molecule has 0 aliphatic carbocycles. The summed E-state index contributed by atoms with van der Waals surface area (Å²) in [5, 5.41) is 33.0. The van der Waals surface area contributed by atoms with Crippen LogP contribution >= 0.6 is 11.6 Å². The van der Waals surface area contributed by atoms with Crippen molar-refractivity contribution in [2.45, 2.75) is 6.10 Å². The summed E-state index contributed by atoms with van der Waals surface area (Å²) in [6.45, 7) is 0. The highest BCUT2D eigenvalue weighted by atomic mass is 35.5. The molecule has 2 aromatic carbocycles. The van der Waals surface area contributed by atoms with Crippen molar-refractivity contribution in [3.05, 3.63) is 63.0 Å². The summed E-state index contributed by atoms with van der Waals surface area (Å²) in [4.78, 5) is 19.1. The summed E-state index contributed by atoms with van der Waals surface area (Å²) in [5.41, 5.74) is -0.204. The van der Waals surface area contributed by atoms with Gasteiger partial charge in [0.2, 0.25) is 0 Å². The Bertz CT molecular complexity index is 1060. The fraction of sp³-hybridized carbons (Fsp3) is 0.118. The second-order valence-electron chi connectivity index (χ2n) is 5.40. The first-order valence-corrected chi connectivity index (χ1v) is 7.79. The van der Waals surface area contributed by atoms with E-state index in [1.54, 1.807) is 12.1 Å². The number of aliphatic hydroxyl groups is 1. The second kappa shape index (κ2) is 7.03. The summed E-state index contributed by atoms with van der Waals surface area (Å²) in [7, 11) is 1.35. The molecule has 3 aromatic rings. The van der Waals surface area contributed by atoms with Crippen LogP contribution < -0.4 is 10.3 Å². The molecule has 0 saturated carbocycles. The van der Waals surface area contributed by atoms with Gasteiger partial charge in [-0.15, -0.1) is 0 Å². The Hall–Kier alpha value is -3.10. The first-order valence-electron chi connectivity index (χ1n) is 7.41. The van der Waals surface area contributed by atoms with Crippen LogP contribution in [0.4, 0.5) is 0 Å². The Morgan fingerprint density at radius 2 is 2.08 bits per heavy atom. The van der Waals surface area contributed by atoms with Gasteiger partial charge in [0.05, 0.1) is 18.1 Å². The molecule has 0 fully saturated rings. The zero-order valence-electron chi connectivity index (χ0n) is 13.5. The number of ether oxygens (including phenoxy) is 1. The van der Waals surface area contributed by atoms with Crippen LogP contribution in [0.1, 0.15) is 17.4 Å². The van der Waals surface area contributed by atoms with Crippen molar-refractivity contribution in [2.75, 3.05) is 7.11 Å². The lowest BCUT2D eigenvalue weighted by Crippen LogP contribution is -2.25. The Kier molecular flexibility index (Phi) is 4.79. The van der Waals surface area contributed by atoms with Gasteiger partial charge in [-0.25, -0.2) is 4.98 Å². The smallest absolute Gasteiger partial charge is 0.276 e. The van der Waals surface area contributed by atoms with Gasteiger partial charge in [-0.2, -0.15) is 0 Å². The van der Waals surface area contributed by atoms with Gasteiger partial charge in [0, 0.05) is 5.02 Å². The number of aromatic nitrogens is 2. The molecule has 134 valence electrons. The van der Waals surface area contributed by atoms with Crippen molar-refractivity contribution >= 4 is 28.3 Å².